The molecule has 0 aliphatic carbocycles. The summed E-state index contributed by atoms with van der Waals surface area (Å²) in [5.74, 6) is -1.14. The summed E-state index contributed by atoms with van der Waals surface area (Å²) in [5.41, 5.74) is 4.57. The summed E-state index contributed by atoms with van der Waals surface area (Å²) < 4.78 is 30.4. The molecule has 0 radical (unpaired) electrons. The lowest BCUT2D eigenvalue weighted by Gasteiger charge is -2.13. The van der Waals surface area contributed by atoms with Crippen molar-refractivity contribution in [2.75, 3.05) is 21.2 Å². The number of carbonyl (C=O) groups is 2. The highest BCUT2D eigenvalue weighted by Crippen LogP contribution is 2.33. The van der Waals surface area contributed by atoms with E-state index in [2.05, 4.69) is 10.9 Å². The first-order valence-corrected chi connectivity index (χ1v) is 9.94. The molecule has 2 N–H and O–H groups in total. The monoisotopic (exact) mass is 445 g/mol. The van der Waals surface area contributed by atoms with E-state index in [4.69, 9.17) is 27.9 Å². The fourth-order valence-corrected chi connectivity index (χ4v) is 3.74. The lowest BCUT2D eigenvalue weighted by molar-refractivity contribution is 0.0846. The van der Waals surface area contributed by atoms with Crippen molar-refractivity contribution in [3.63, 3.8) is 0 Å². The van der Waals surface area contributed by atoms with Crippen molar-refractivity contribution in [3.05, 3.63) is 57.6 Å². The summed E-state index contributed by atoms with van der Waals surface area (Å²) in [4.78, 5) is 24.4. The molecule has 2 aromatic carbocycles. The van der Waals surface area contributed by atoms with E-state index < -0.39 is 21.8 Å². The van der Waals surface area contributed by atoms with Crippen LogP contribution in [0.5, 0.6) is 5.75 Å². The highest BCUT2D eigenvalue weighted by Gasteiger charge is 2.19. The first kappa shape index (κ1) is 22.0. The molecule has 0 aromatic heterocycles. The number of rotatable bonds is 5. The molecular formula is C17H17Cl2N3O5S. The van der Waals surface area contributed by atoms with E-state index in [0.717, 1.165) is 4.31 Å². The van der Waals surface area contributed by atoms with Crippen LogP contribution in [0.2, 0.25) is 10.0 Å². The van der Waals surface area contributed by atoms with Gasteiger partial charge in [-0.15, -0.1) is 0 Å². The van der Waals surface area contributed by atoms with Gasteiger partial charge in [-0.1, -0.05) is 29.3 Å². The van der Waals surface area contributed by atoms with Gasteiger partial charge in [0.2, 0.25) is 10.0 Å². The highest BCUT2D eigenvalue weighted by atomic mass is 35.5. The number of nitrogens with zero attached hydrogens (tertiary/aromatic N) is 1. The molecule has 0 aliphatic heterocycles. The molecule has 150 valence electrons. The van der Waals surface area contributed by atoms with Gasteiger partial charge in [-0.3, -0.25) is 20.4 Å². The molecule has 0 heterocycles. The van der Waals surface area contributed by atoms with Crippen molar-refractivity contribution in [1.82, 2.24) is 15.2 Å². The van der Waals surface area contributed by atoms with Crippen LogP contribution in [0.4, 0.5) is 0 Å². The maximum Gasteiger partial charge on any atom is 0.269 e. The summed E-state index contributed by atoms with van der Waals surface area (Å²) in [7, 11) is 0.453. The van der Waals surface area contributed by atoms with Gasteiger partial charge >= 0.3 is 0 Å². The van der Waals surface area contributed by atoms with Crippen LogP contribution in [0.15, 0.2) is 41.3 Å². The molecular weight excluding hydrogens is 429 g/mol. The number of nitrogens with one attached hydrogen (secondary N) is 2. The molecule has 2 aromatic rings. The molecule has 0 aliphatic rings. The van der Waals surface area contributed by atoms with E-state index in [9.17, 15) is 18.0 Å². The van der Waals surface area contributed by atoms with E-state index in [0.29, 0.717) is 0 Å². The first-order chi connectivity index (χ1) is 13.1. The fourth-order valence-electron chi connectivity index (χ4n) is 2.15. The van der Waals surface area contributed by atoms with Crippen LogP contribution in [0.3, 0.4) is 0 Å². The second-order valence-corrected chi connectivity index (χ2v) is 8.66. The predicted octanol–water partition coefficient (Wildman–Crippen LogP) is 2.33. The van der Waals surface area contributed by atoms with Crippen LogP contribution in [0.25, 0.3) is 0 Å². The molecule has 0 spiro atoms. The molecule has 8 nitrogen and oxygen atoms in total. The standard InChI is InChI=1S/C17H17Cl2N3O5S/c1-22(2)28(25,26)12-6-4-5-10(7-12)16(23)20-21-17(24)11-8-13(18)15(27-3)14(19)9-11/h4-9H,1-3H3,(H,20,23)(H,21,24). The second-order valence-electron chi connectivity index (χ2n) is 5.70. The Balaban J connectivity index is 2.14. The third-order valence-electron chi connectivity index (χ3n) is 3.63. The largest absolute Gasteiger partial charge is 0.494 e. The topological polar surface area (TPSA) is 105 Å². The van der Waals surface area contributed by atoms with Gasteiger partial charge in [-0.05, 0) is 30.3 Å². The minimum Gasteiger partial charge on any atom is -0.494 e. The zero-order valence-electron chi connectivity index (χ0n) is 15.1. The maximum absolute atomic E-state index is 12.3. The highest BCUT2D eigenvalue weighted by molar-refractivity contribution is 7.89. The number of halogens is 2. The second kappa shape index (κ2) is 8.78. The van der Waals surface area contributed by atoms with Gasteiger partial charge in [0.05, 0.1) is 22.1 Å². The number of hydrogen-bond acceptors (Lipinski definition) is 5. The van der Waals surface area contributed by atoms with Gasteiger partial charge in [0.15, 0.2) is 5.75 Å². The third-order valence-corrected chi connectivity index (χ3v) is 6.00. The first-order valence-electron chi connectivity index (χ1n) is 7.74. The van der Waals surface area contributed by atoms with E-state index in [-0.39, 0.29) is 31.8 Å². The summed E-state index contributed by atoms with van der Waals surface area (Å²) in [6.45, 7) is 0. The molecule has 0 saturated carbocycles. The van der Waals surface area contributed by atoms with E-state index in [1.54, 1.807) is 0 Å². The fraction of sp³-hybridized carbons (Fsp3) is 0.176. The molecule has 0 saturated heterocycles. The Morgan fingerprint density at radius 3 is 2.00 bits per heavy atom. The van der Waals surface area contributed by atoms with Crippen LogP contribution in [-0.4, -0.2) is 45.7 Å². The zero-order chi connectivity index (χ0) is 21.1. The van der Waals surface area contributed by atoms with Gasteiger partial charge in [-0.2, -0.15) is 0 Å². The van der Waals surface area contributed by atoms with E-state index in [1.165, 1.54) is 57.6 Å². The van der Waals surface area contributed by atoms with E-state index in [1.807, 2.05) is 0 Å². The number of ether oxygens (including phenoxy) is 1. The Bertz CT molecular complexity index is 1000. The molecule has 2 amide bonds. The summed E-state index contributed by atoms with van der Waals surface area (Å²) >= 11 is 12.0. The van der Waals surface area contributed by atoms with Gasteiger partial charge in [0.25, 0.3) is 11.8 Å². The molecule has 0 atom stereocenters. The molecule has 0 fully saturated rings. The van der Waals surface area contributed by atoms with Crippen molar-refractivity contribution in [1.29, 1.82) is 0 Å². The average molecular weight is 446 g/mol. The van der Waals surface area contributed by atoms with Crippen LogP contribution in [-0.2, 0) is 10.0 Å². The smallest absolute Gasteiger partial charge is 0.269 e. The minimum atomic E-state index is -3.70. The van der Waals surface area contributed by atoms with Gasteiger partial charge < -0.3 is 4.74 Å². The summed E-state index contributed by atoms with van der Waals surface area (Å²) in [6, 6.07) is 8.08. The van der Waals surface area contributed by atoms with Crippen LogP contribution in [0, 0.1) is 0 Å². The lowest BCUT2D eigenvalue weighted by Crippen LogP contribution is -2.41. The SMILES string of the molecule is COc1c(Cl)cc(C(=O)NNC(=O)c2cccc(S(=O)(=O)N(C)C)c2)cc1Cl. The third kappa shape index (κ3) is 4.74. The number of benzene rings is 2. The maximum atomic E-state index is 12.3. The van der Waals surface area contributed by atoms with E-state index >= 15 is 0 Å². The van der Waals surface area contributed by atoms with Gasteiger partial charge in [0, 0.05) is 25.2 Å². The van der Waals surface area contributed by atoms with Crippen LogP contribution < -0.4 is 15.6 Å². The number of methoxy groups -OCH3 is 1. The molecule has 11 heteroatoms. The Kier molecular flexibility index (Phi) is 6.89. The van der Waals surface area contributed by atoms with Crippen LogP contribution >= 0.6 is 23.2 Å². The van der Waals surface area contributed by atoms with Gasteiger partial charge in [0.1, 0.15) is 0 Å². The normalized spacial score (nSPS) is 11.2. The quantitative estimate of drug-likeness (QED) is 0.687. The Morgan fingerprint density at radius 2 is 1.50 bits per heavy atom. The van der Waals surface area contributed by atoms with Crippen molar-refractivity contribution in [2.24, 2.45) is 0 Å². The lowest BCUT2D eigenvalue weighted by atomic mass is 10.2. The summed E-state index contributed by atoms with van der Waals surface area (Å²) in [5, 5.41) is 0.265. The molecule has 0 bridgehead atoms. The van der Waals surface area contributed by atoms with Crippen molar-refractivity contribution >= 4 is 45.0 Å². The van der Waals surface area contributed by atoms with Gasteiger partial charge in [-0.25, -0.2) is 12.7 Å². The summed E-state index contributed by atoms with van der Waals surface area (Å²) in [6.07, 6.45) is 0. The van der Waals surface area contributed by atoms with Crippen molar-refractivity contribution < 1.29 is 22.7 Å². The number of sulfonamides is 1. The number of hydrazine groups is 1. The van der Waals surface area contributed by atoms with Crippen molar-refractivity contribution in [2.45, 2.75) is 4.90 Å². The number of amides is 2. The Morgan fingerprint density at radius 1 is 0.964 bits per heavy atom. The average Bonchev–Trinajstić information content (AvgIpc) is 2.65. The Hall–Kier alpha value is -2.33. The predicted molar refractivity (Wildman–Crippen MR) is 105 cm³/mol. The molecule has 2 rings (SSSR count). The Labute approximate surface area is 172 Å². The molecule has 0 unspecified atom stereocenters. The minimum absolute atomic E-state index is 0.0500. The zero-order valence-corrected chi connectivity index (χ0v) is 17.4. The number of hydrogen-bond donors (Lipinski definition) is 2. The van der Waals surface area contributed by atoms with Crippen molar-refractivity contribution in [3.8, 4) is 5.75 Å². The van der Waals surface area contributed by atoms with Crippen LogP contribution in [0.1, 0.15) is 20.7 Å². The molecule has 28 heavy (non-hydrogen) atoms. The number of carbonyl (C=O) groups excluding carboxylic acids is 2.